The molecule has 0 aromatic rings. The number of allylic oxidation sites excluding steroid dienone is 4. The number of carbonyl (C=O) groups excluding carboxylic acids is 3. The largest absolute Gasteiger partial charge is 0.462 e. The predicted octanol–water partition coefficient (Wildman–Crippen LogP) is 17.5. The molecule has 0 saturated heterocycles. The van der Waals surface area contributed by atoms with E-state index >= 15 is 0 Å². The Hall–Kier alpha value is -2.11. The molecule has 6 heteroatoms. The summed E-state index contributed by atoms with van der Waals surface area (Å²) in [5.41, 5.74) is 0. The van der Waals surface area contributed by atoms with Crippen LogP contribution in [0.15, 0.2) is 24.3 Å². The van der Waals surface area contributed by atoms with Gasteiger partial charge in [0.2, 0.25) is 0 Å². The molecule has 0 aliphatic heterocycles. The van der Waals surface area contributed by atoms with Crippen LogP contribution < -0.4 is 0 Å². The van der Waals surface area contributed by atoms with Gasteiger partial charge in [-0.25, -0.2) is 0 Å². The van der Waals surface area contributed by atoms with Crippen molar-refractivity contribution in [2.75, 3.05) is 13.2 Å². The first-order valence-corrected chi connectivity index (χ1v) is 26.8. The highest BCUT2D eigenvalue weighted by Gasteiger charge is 2.19. The molecule has 0 fully saturated rings. The van der Waals surface area contributed by atoms with E-state index in [2.05, 4.69) is 45.1 Å². The maximum Gasteiger partial charge on any atom is 0.306 e. The number of carbonyl (C=O) groups is 3. The molecule has 1 unspecified atom stereocenters. The predicted molar refractivity (Wildman–Crippen MR) is 261 cm³/mol. The standard InChI is InChI=1S/C55H102O6/c1-4-7-10-13-16-19-21-23-25-26-27-28-29-30-31-33-34-36-39-42-45-48-54(57)60-51-52(50-59-53(56)47-44-41-38-18-15-12-9-6-3)61-55(58)49-46-43-40-37-35-32-24-22-20-17-14-11-8-5-2/h21,23,26-27,52H,4-20,22,24-25,28-51H2,1-3H3/b23-21-,27-26-. The average Bonchev–Trinajstić information content (AvgIpc) is 3.26. The quantitative estimate of drug-likeness (QED) is 0.0262. The summed E-state index contributed by atoms with van der Waals surface area (Å²) in [6, 6.07) is 0. The smallest absolute Gasteiger partial charge is 0.306 e. The molecule has 0 aromatic carbocycles. The third-order valence-electron chi connectivity index (χ3n) is 12.0. The number of unbranched alkanes of at least 4 members (excludes halogenated alkanes) is 34. The Morgan fingerprint density at radius 2 is 0.590 bits per heavy atom. The minimum Gasteiger partial charge on any atom is -0.462 e. The van der Waals surface area contributed by atoms with Gasteiger partial charge >= 0.3 is 17.9 Å². The molecule has 61 heavy (non-hydrogen) atoms. The molecule has 0 amide bonds. The second-order valence-corrected chi connectivity index (χ2v) is 18.2. The summed E-state index contributed by atoms with van der Waals surface area (Å²) in [6.07, 6.45) is 57.4. The van der Waals surface area contributed by atoms with E-state index in [1.165, 1.54) is 186 Å². The molecule has 0 aliphatic carbocycles. The lowest BCUT2D eigenvalue weighted by atomic mass is 10.0. The molecule has 0 heterocycles. The lowest BCUT2D eigenvalue weighted by molar-refractivity contribution is -0.167. The molecule has 0 bridgehead atoms. The van der Waals surface area contributed by atoms with Crippen molar-refractivity contribution in [3.63, 3.8) is 0 Å². The number of hydrogen-bond donors (Lipinski definition) is 0. The van der Waals surface area contributed by atoms with Gasteiger partial charge in [-0.15, -0.1) is 0 Å². The first kappa shape index (κ1) is 58.9. The maximum absolute atomic E-state index is 12.8. The fourth-order valence-electron chi connectivity index (χ4n) is 7.89. The van der Waals surface area contributed by atoms with Crippen molar-refractivity contribution in [3.05, 3.63) is 24.3 Å². The van der Waals surface area contributed by atoms with Crippen molar-refractivity contribution in [1.82, 2.24) is 0 Å². The van der Waals surface area contributed by atoms with Crippen molar-refractivity contribution in [1.29, 1.82) is 0 Å². The van der Waals surface area contributed by atoms with Crippen LogP contribution in [0.5, 0.6) is 0 Å². The van der Waals surface area contributed by atoms with Crippen LogP contribution in [-0.2, 0) is 28.6 Å². The Balaban J connectivity index is 4.21. The Labute approximate surface area is 379 Å². The molecule has 0 aromatic heterocycles. The van der Waals surface area contributed by atoms with E-state index < -0.39 is 6.10 Å². The highest BCUT2D eigenvalue weighted by molar-refractivity contribution is 5.71. The summed E-state index contributed by atoms with van der Waals surface area (Å²) in [7, 11) is 0. The molecule has 0 aliphatic rings. The molecule has 0 radical (unpaired) electrons. The SMILES string of the molecule is CCCCCCC/C=C\C/C=C\CCCCCCCCCCCC(=O)OCC(COC(=O)CCCCCCCCCC)OC(=O)CCCCCCCCCCCCCCCC. The van der Waals surface area contributed by atoms with Crippen molar-refractivity contribution in [2.24, 2.45) is 0 Å². The lowest BCUT2D eigenvalue weighted by Crippen LogP contribution is -2.30. The Morgan fingerprint density at radius 1 is 0.328 bits per heavy atom. The zero-order chi connectivity index (χ0) is 44.4. The summed E-state index contributed by atoms with van der Waals surface area (Å²) < 4.78 is 16.8. The van der Waals surface area contributed by atoms with Crippen LogP contribution in [-0.4, -0.2) is 37.2 Å². The number of esters is 3. The van der Waals surface area contributed by atoms with Gasteiger partial charge in [0, 0.05) is 19.3 Å². The zero-order valence-electron chi connectivity index (χ0n) is 40.9. The molecule has 0 spiro atoms. The normalized spacial score (nSPS) is 12.1. The maximum atomic E-state index is 12.8. The third kappa shape index (κ3) is 48.8. The summed E-state index contributed by atoms with van der Waals surface area (Å²) in [6.45, 7) is 6.63. The summed E-state index contributed by atoms with van der Waals surface area (Å²) in [4.78, 5) is 37.9. The van der Waals surface area contributed by atoms with Crippen LogP contribution in [0.3, 0.4) is 0 Å². The van der Waals surface area contributed by atoms with Gasteiger partial charge < -0.3 is 14.2 Å². The van der Waals surface area contributed by atoms with Gasteiger partial charge in [0.25, 0.3) is 0 Å². The second kappa shape index (κ2) is 50.5. The first-order valence-electron chi connectivity index (χ1n) is 26.8. The molecule has 0 rings (SSSR count). The third-order valence-corrected chi connectivity index (χ3v) is 12.0. The average molecular weight is 859 g/mol. The van der Waals surface area contributed by atoms with E-state index in [-0.39, 0.29) is 31.1 Å². The van der Waals surface area contributed by atoms with E-state index in [9.17, 15) is 14.4 Å². The molecular formula is C55H102O6. The van der Waals surface area contributed by atoms with E-state index in [0.717, 1.165) is 64.2 Å². The van der Waals surface area contributed by atoms with E-state index in [4.69, 9.17) is 14.2 Å². The molecule has 358 valence electrons. The second-order valence-electron chi connectivity index (χ2n) is 18.2. The van der Waals surface area contributed by atoms with Crippen LogP contribution in [0.25, 0.3) is 0 Å². The van der Waals surface area contributed by atoms with Crippen LogP contribution in [0.1, 0.15) is 290 Å². The van der Waals surface area contributed by atoms with E-state index in [1.807, 2.05) is 0 Å². The van der Waals surface area contributed by atoms with Gasteiger partial charge in [-0.05, 0) is 51.4 Å². The first-order chi connectivity index (χ1) is 30.0. The molecule has 0 saturated carbocycles. The van der Waals surface area contributed by atoms with Crippen molar-refractivity contribution in [3.8, 4) is 0 Å². The Bertz CT molecular complexity index is 989. The minimum atomic E-state index is -0.765. The Kier molecular flexibility index (Phi) is 48.8. The van der Waals surface area contributed by atoms with Crippen molar-refractivity contribution in [2.45, 2.75) is 297 Å². The topological polar surface area (TPSA) is 78.9 Å². The number of hydrogen-bond acceptors (Lipinski definition) is 6. The Morgan fingerprint density at radius 3 is 0.902 bits per heavy atom. The van der Waals surface area contributed by atoms with Gasteiger partial charge in [-0.3, -0.25) is 14.4 Å². The van der Waals surface area contributed by atoms with Gasteiger partial charge in [0.15, 0.2) is 6.10 Å². The fourth-order valence-corrected chi connectivity index (χ4v) is 7.89. The fraction of sp³-hybridized carbons (Fsp3) is 0.873. The summed E-state index contributed by atoms with van der Waals surface area (Å²) >= 11 is 0. The highest BCUT2D eigenvalue weighted by atomic mass is 16.6. The van der Waals surface area contributed by atoms with Crippen LogP contribution in [0, 0.1) is 0 Å². The summed E-state index contributed by atoms with van der Waals surface area (Å²) in [5.74, 6) is -0.862. The molecule has 1 atom stereocenters. The molecule has 6 nitrogen and oxygen atoms in total. The molecular weight excluding hydrogens is 757 g/mol. The highest BCUT2D eigenvalue weighted by Crippen LogP contribution is 2.16. The van der Waals surface area contributed by atoms with Gasteiger partial charge in [-0.2, -0.15) is 0 Å². The van der Waals surface area contributed by atoms with E-state index in [0.29, 0.717) is 19.3 Å². The number of rotatable bonds is 49. The van der Waals surface area contributed by atoms with E-state index in [1.54, 1.807) is 0 Å². The minimum absolute atomic E-state index is 0.0682. The number of ether oxygens (including phenoxy) is 3. The monoisotopic (exact) mass is 859 g/mol. The van der Waals surface area contributed by atoms with Crippen molar-refractivity contribution < 1.29 is 28.6 Å². The van der Waals surface area contributed by atoms with Crippen LogP contribution in [0.4, 0.5) is 0 Å². The summed E-state index contributed by atoms with van der Waals surface area (Å²) in [5, 5.41) is 0. The molecule has 0 N–H and O–H groups in total. The van der Waals surface area contributed by atoms with Gasteiger partial charge in [-0.1, -0.05) is 244 Å². The van der Waals surface area contributed by atoms with Crippen molar-refractivity contribution >= 4 is 17.9 Å². The lowest BCUT2D eigenvalue weighted by Gasteiger charge is -2.18. The van der Waals surface area contributed by atoms with Gasteiger partial charge in [0.1, 0.15) is 13.2 Å². The zero-order valence-corrected chi connectivity index (χ0v) is 40.9. The van der Waals surface area contributed by atoms with Crippen LogP contribution in [0.2, 0.25) is 0 Å². The van der Waals surface area contributed by atoms with Gasteiger partial charge in [0.05, 0.1) is 0 Å². The van der Waals surface area contributed by atoms with Crippen LogP contribution >= 0.6 is 0 Å².